The number of rotatable bonds is 0. The molecule has 2 aliphatic rings. The molecule has 0 radical (unpaired) electrons. The Morgan fingerprint density at radius 2 is 2.62 bits per heavy atom. The van der Waals surface area contributed by atoms with Gasteiger partial charge in [0.15, 0.2) is 0 Å². The molecule has 1 saturated heterocycles. The lowest BCUT2D eigenvalue weighted by molar-refractivity contribution is 0.174. The minimum absolute atomic E-state index is 0.894. The van der Waals surface area contributed by atoms with Crippen LogP contribution in [-0.2, 0) is 0 Å². The summed E-state index contributed by atoms with van der Waals surface area (Å²) < 4.78 is 0. The maximum atomic E-state index is 2.41. The fourth-order valence-electron chi connectivity index (χ4n) is 1.12. The molecule has 2 rings (SSSR count). The molecule has 1 fully saturated rings. The van der Waals surface area contributed by atoms with Gasteiger partial charge in [-0.1, -0.05) is 0 Å². The van der Waals surface area contributed by atoms with Crippen molar-refractivity contribution in [3.8, 4) is 0 Å². The molecular formula is C6H9NS. The van der Waals surface area contributed by atoms with Crippen LogP contribution in [0.4, 0.5) is 0 Å². The van der Waals surface area contributed by atoms with E-state index in [1.54, 1.807) is 0 Å². The molecule has 0 aliphatic carbocycles. The maximum Gasteiger partial charge on any atom is 0.0395 e. The van der Waals surface area contributed by atoms with Crippen LogP contribution in [0.15, 0.2) is 11.6 Å². The van der Waals surface area contributed by atoms with Crippen molar-refractivity contribution in [1.29, 1.82) is 0 Å². The van der Waals surface area contributed by atoms with Gasteiger partial charge in [-0.05, 0) is 11.8 Å². The molecule has 1 nitrogen and oxygen atoms in total. The van der Waals surface area contributed by atoms with Gasteiger partial charge in [-0.25, -0.2) is 0 Å². The van der Waals surface area contributed by atoms with E-state index in [1.807, 2.05) is 11.8 Å². The van der Waals surface area contributed by atoms with Gasteiger partial charge in [0.05, 0.1) is 0 Å². The number of fused-ring (bicyclic) bond motifs is 1. The Morgan fingerprint density at radius 3 is 3.00 bits per heavy atom. The average molecular weight is 127 g/mol. The lowest BCUT2D eigenvalue weighted by Gasteiger charge is -2.42. The van der Waals surface area contributed by atoms with Gasteiger partial charge in [-0.15, -0.1) is 11.8 Å². The standard InChI is InChI=1S/C6H9NS/c1-2-7-3-4-8-5-6(1)7/h3-4,6H,1-2,5H2. The van der Waals surface area contributed by atoms with E-state index in [2.05, 4.69) is 16.5 Å². The van der Waals surface area contributed by atoms with Crippen LogP contribution >= 0.6 is 11.8 Å². The third kappa shape index (κ3) is 0.558. The van der Waals surface area contributed by atoms with Gasteiger partial charge in [0.25, 0.3) is 0 Å². The average Bonchev–Trinajstić information content (AvgIpc) is 1.72. The van der Waals surface area contributed by atoms with E-state index >= 15 is 0 Å². The molecule has 0 aromatic heterocycles. The molecule has 0 spiro atoms. The number of thioether (sulfide) groups is 1. The zero-order valence-corrected chi connectivity index (χ0v) is 5.53. The molecule has 0 aromatic rings. The second-order valence-corrected chi connectivity index (χ2v) is 3.24. The van der Waals surface area contributed by atoms with Crippen molar-refractivity contribution in [2.45, 2.75) is 12.5 Å². The van der Waals surface area contributed by atoms with Crippen molar-refractivity contribution in [1.82, 2.24) is 4.90 Å². The number of nitrogens with zero attached hydrogens (tertiary/aromatic N) is 1. The van der Waals surface area contributed by atoms with E-state index in [1.165, 1.54) is 18.7 Å². The predicted octanol–water partition coefficient (Wildman–Crippen LogP) is 1.28. The Morgan fingerprint density at radius 1 is 1.62 bits per heavy atom. The molecule has 2 heterocycles. The minimum Gasteiger partial charge on any atom is -0.373 e. The monoisotopic (exact) mass is 127 g/mol. The Kier molecular flexibility index (Phi) is 1.00. The molecule has 1 unspecified atom stereocenters. The van der Waals surface area contributed by atoms with E-state index in [-0.39, 0.29) is 0 Å². The normalized spacial score (nSPS) is 34.0. The highest BCUT2D eigenvalue weighted by Gasteiger charge is 2.26. The Balaban J connectivity index is 2.08. The number of hydrogen-bond donors (Lipinski definition) is 0. The van der Waals surface area contributed by atoms with Crippen molar-refractivity contribution >= 4 is 11.8 Å². The third-order valence-corrected chi connectivity index (χ3v) is 2.72. The van der Waals surface area contributed by atoms with Crippen LogP contribution in [0.1, 0.15) is 6.42 Å². The van der Waals surface area contributed by atoms with Gasteiger partial charge in [0, 0.05) is 24.5 Å². The first-order chi connectivity index (χ1) is 3.97. The topological polar surface area (TPSA) is 3.24 Å². The summed E-state index contributed by atoms with van der Waals surface area (Å²) in [6, 6.07) is 0.894. The first-order valence-electron chi connectivity index (χ1n) is 3.01. The minimum atomic E-state index is 0.894. The quantitative estimate of drug-likeness (QED) is 0.482. The van der Waals surface area contributed by atoms with Gasteiger partial charge in [0.2, 0.25) is 0 Å². The summed E-state index contributed by atoms with van der Waals surface area (Å²) in [5, 5.41) is 2.19. The van der Waals surface area contributed by atoms with Crippen LogP contribution in [0.3, 0.4) is 0 Å². The zero-order chi connectivity index (χ0) is 5.40. The SMILES string of the molecule is C1=CN2CCC2CS1. The van der Waals surface area contributed by atoms with Crippen LogP contribution in [0.25, 0.3) is 0 Å². The van der Waals surface area contributed by atoms with Gasteiger partial charge in [-0.2, -0.15) is 0 Å². The van der Waals surface area contributed by atoms with Crippen molar-refractivity contribution in [2.24, 2.45) is 0 Å². The fraction of sp³-hybridized carbons (Fsp3) is 0.667. The van der Waals surface area contributed by atoms with Gasteiger partial charge >= 0.3 is 0 Å². The maximum absolute atomic E-state index is 2.41. The summed E-state index contributed by atoms with van der Waals surface area (Å²) in [5.74, 6) is 1.32. The van der Waals surface area contributed by atoms with Crippen molar-refractivity contribution in [2.75, 3.05) is 12.3 Å². The zero-order valence-electron chi connectivity index (χ0n) is 4.71. The van der Waals surface area contributed by atoms with Crippen LogP contribution < -0.4 is 0 Å². The molecule has 44 valence electrons. The summed E-state index contributed by atoms with van der Waals surface area (Å²) >= 11 is 1.94. The molecule has 2 aliphatic heterocycles. The first kappa shape index (κ1) is 4.74. The second kappa shape index (κ2) is 1.69. The highest BCUT2D eigenvalue weighted by molar-refractivity contribution is 8.02. The van der Waals surface area contributed by atoms with Crippen LogP contribution in [0, 0.1) is 0 Å². The summed E-state index contributed by atoms with van der Waals surface area (Å²) in [6.07, 6.45) is 3.62. The van der Waals surface area contributed by atoms with E-state index in [9.17, 15) is 0 Å². The molecule has 0 aromatic carbocycles. The largest absolute Gasteiger partial charge is 0.373 e. The molecule has 0 bridgehead atoms. The smallest absolute Gasteiger partial charge is 0.0395 e. The van der Waals surface area contributed by atoms with Crippen molar-refractivity contribution in [3.05, 3.63) is 11.6 Å². The van der Waals surface area contributed by atoms with Crippen LogP contribution in [0.5, 0.6) is 0 Å². The molecule has 0 N–H and O–H groups in total. The lowest BCUT2D eigenvalue weighted by Crippen LogP contribution is -2.46. The summed E-state index contributed by atoms with van der Waals surface area (Å²) in [6.45, 7) is 1.29. The second-order valence-electron chi connectivity index (χ2n) is 2.30. The molecule has 1 atom stereocenters. The van der Waals surface area contributed by atoms with Gasteiger partial charge < -0.3 is 4.90 Å². The molecule has 0 saturated carbocycles. The van der Waals surface area contributed by atoms with E-state index < -0.39 is 0 Å². The molecular weight excluding hydrogens is 118 g/mol. The van der Waals surface area contributed by atoms with Crippen molar-refractivity contribution in [3.63, 3.8) is 0 Å². The molecule has 0 amide bonds. The highest BCUT2D eigenvalue weighted by Crippen LogP contribution is 2.26. The number of hydrogen-bond acceptors (Lipinski definition) is 2. The van der Waals surface area contributed by atoms with Gasteiger partial charge in [-0.3, -0.25) is 0 Å². The van der Waals surface area contributed by atoms with Crippen LogP contribution in [-0.4, -0.2) is 23.2 Å². The molecule has 2 heteroatoms. The first-order valence-corrected chi connectivity index (χ1v) is 4.06. The lowest BCUT2D eigenvalue weighted by atomic mass is 10.1. The highest BCUT2D eigenvalue weighted by atomic mass is 32.2. The Labute approximate surface area is 53.7 Å². The van der Waals surface area contributed by atoms with Gasteiger partial charge in [0.1, 0.15) is 0 Å². The summed E-state index contributed by atoms with van der Waals surface area (Å²) in [5.41, 5.74) is 0. The Hall–Kier alpha value is -0.110. The van der Waals surface area contributed by atoms with E-state index in [0.717, 1.165) is 6.04 Å². The Bertz CT molecular complexity index is 122. The van der Waals surface area contributed by atoms with Crippen LogP contribution in [0.2, 0.25) is 0 Å². The molecule has 8 heavy (non-hydrogen) atoms. The van der Waals surface area contributed by atoms with E-state index in [0.29, 0.717) is 0 Å². The predicted molar refractivity (Wildman–Crippen MR) is 36.7 cm³/mol. The fourth-order valence-corrected chi connectivity index (χ4v) is 2.06. The summed E-state index contributed by atoms with van der Waals surface area (Å²) in [7, 11) is 0. The third-order valence-electron chi connectivity index (χ3n) is 1.83. The van der Waals surface area contributed by atoms with E-state index in [4.69, 9.17) is 0 Å². The summed E-state index contributed by atoms with van der Waals surface area (Å²) in [4.78, 5) is 2.41. The van der Waals surface area contributed by atoms with Crippen molar-refractivity contribution < 1.29 is 0 Å².